The van der Waals surface area contributed by atoms with Crippen molar-refractivity contribution in [1.29, 1.82) is 0 Å². The molecule has 7 heteroatoms. The summed E-state index contributed by atoms with van der Waals surface area (Å²) >= 11 is 6.14. The molecule has 0 saturated carbocycles. The van der Waals surface area contributed by atoms with Gasteiger partial charge in [0.2, 0.25) is 10.0 Å². The third kappa shape index (κ3) is 4.49. The maximum atomic E-state index is 12.3. The minimum atomic E-state index is -3.47. The highest BCUT2D eigenvalue weighted by molar-refractivity contribution is 7.92. The zero-order chi connectivity index (χ0) is 15.5. The van der Waals surface area contributed by atoms with Crippen LogP contribution in [0, 0.1) is 0 Å². The number of nitrogens with one attached hydrogen (secondary N) is 1. The Balaban J connectivity index is 2.14. The van der Waals surface area contributed by atoms with Crippen molar-refractivity contribution in [2.24, 2.45) is 0 Å². The molecule has 1 saturated heterocycles. The molecule has 0 aromatic heterocycles. The maximum Gasteiger partial charge on any atom is 0.235 e. The lowest BCUT2D eigenvalue weighted by molar-refractivity contribution is 0.0306. The predicted molar refractivity (Wildman–Crippen MR) is 86.8 cm³/mol. The van der Waals surface area contributed by atoms with Crippen LogP contribution in [0.4, 0.5) is 11.4 Å². The summed E-state index contributed by atoms with van der Waals surface area (Å²) < 4.78 is 32.7. The molecule has 1 heterocycles. The van der Waals surface area contributed by atoms with Crippen LogP contribution in [-0.4, -0.2) is 41.0 Å². The predicted octanol–water partition coefficient (Wildman–Crippen LogP) is 2.72. The number of rotatable bonds is 5. The largest absolute Gasteiger partial charge is 0.377 e. The van der Waals surface area contributed by atoms with E-state index >= 15 is 0 Å². The van der Waals surface area contributed by atoms with Crippen molar-refractivity contribution in [2.45, 2.75) is 25.4 Å². The first-order valence-corrected chi connectivity index (χ1v) is 9.00. The molecule has 0 radical (unpaired) electrons. The fourth-order valence-electron chi connectivity index (χ4n) is 2.44. The topological polar surface area (TPSA) is 58.6 Å². The monoisotopic (exact) mass is 332 g/mol. The van der Waals surface area contributed by atoms with E-state index in [1.165, 1.54) is 0 Å². The Hall–Kier alpha value is -0.980. The number of ether oxygens (including phenoxy) is 1. The molecular formula is C14H21ClN2O3S. The lowest BCUT2D eigenvalue weighted by Gasteiger charge is -2.24. The van der Waals surface area contributed by atoms with E-state index in [2.05, 4.69) is 4.72 Å². The first-order chi connectivity index (χ1) is 9.89. The minimum Gasteiger partial charge on any atom is -0.377 e. The number of hydrogen-bond acceptors (Lipinski definition) is 4. The van der Waals surface area contributed by atoms with Gasteiger partial charge in [0.05, 0.1) is 28.3 Å². The van der Waals surface area contributed by atoms with E-state index in [0.717, 1.165) is 19.3 Å². The number of anilines is 2. The van der Waals surface area contributed by atoms with Crippen molar-refractivity contribution in [3.05, 3.63) is 23.2 Å². The molecule has 0 unspecified atom stereocenters. The number of nitrogens with zero attached hydrogens (tertiary/aromatic N) is 1. The van der Waals surface area contributed by atoms with Gasteiger partial charge in [-0.1, -0.05) is 17.7 Å². The molecule has 1 fully saturated rings. The third-order valence-electron chi connectivity index (χ3n) is 3.38. The highest BCUT2D eigenvalue weighted by atomic mass is 35.5. The second-order valence-electron chi connectivity index (χ2n) is 5.40. The number of benzene rings is 1. The van der Waals surface area contributed by atoms with Gasteiger partial charge in [-0.05, 0) is 31.4 Å². The van der Waals surface area contributed by atoms with E-state index in [0.29, 0.717) is 23.0 Å². The summed E-state index contributed by atoms with van der Waals surface area (Å²) in [6.07, 6.45) is 2.58. The number of para-hydroxylation sites is 1. The number of hydrogen-bond donors (Lipinski definition) is 1. The molecule has 0 bridgehead atoms. The second kappa shape index (κ2) is 6.85. The van der Waals surface area contributed by atoms with E-state index in [1.54, 1.807) is 23.1 Å². The first kappa shape index (κ1) is 16.4. The van der Waals surface area contributed by atoms with Crippen LogP contribution >= 0.6 is 11.6 Å². The molecule has 118 valence electrons. The molecule has 1 aromatic carbocycles. The molecular weight excluding hydrogens is 312 g/mol. The molecule has 1 atom stereocenters. The molecule has 1 aromatic rings. The SMILES string of the molecule is CN(C)c1c(Cl)cccc1NS(=O)(=O)C[C@H]1CCCCO1. The smallest absolute Gasteiger partial charge is 0.235 e. The Morgan fingerprint density at radius 1 is 1.38 bits per heavy atom. The van der Waals surface area contributed by atoms with Crippen molar-refractivity contribution in [3.63, 3.8) is 0 Å². The summed E-state index contributed by atoms with van der Waals surface area (Å²) in [4.78, 5) is 1.79. The van der Waals surface area contributed by atoms with E-state index in [9.17, 15) is 8.42 Å². The van der Waals surface area contributed by atoms with Crippen LogP contribution in [0.3, 0.4) is 0 Å². The maximum absolute atomic E-state index is 12.3. The second-order valence-corrected chi connectivity index (χ2v) is 7.58. The zero-order valence-electron chi connectivity index (χ0n) is 12.3. The minimum absolute atomic E-state index is 0.0214. The zero-order valence-corrected chi connectivity index (χ0v) is 13.9. The van der Waals surface area contributed by atoms with Crippen LogP contribution in [0.1, 0.15) is 19.3 Å². The van der Waals surface area contributed by atoms with Gasteiger partial charge in [-0.3, -0.25) is 4.72 Å². The fraction of sp³-hybridized carbons (Fsp3) is 0.571. The molecule has 1 aliphatic heterocycles. The van der Waals surface area contributed by atoms with Crippen LogP contribution in [0.15, 0.2) is 18.2 Å². The van der Waals surface area contributed by atoms with Crippen LogP contribution in [-0.2, 0) is 14.8 Å². The van der Waals surface area contributed by atoms with Gasteiger partial charge < -0.3 is 9.64 Å². The van der Waals surface area contributed by atoms with Crippen LogP contribution < -0.4 is 9.62 Å². The Labute approximate surface area is 131 Å². The Morgan fingerprint density at radius 3 is 2.76 bits per heavy atom. The van der Waals surface area contributed by atoms with E-state index in [4.69, 9.17) is 16.3 Å². The summed E-state index contributed by atoms with van der Waals surface area (Å²) in [5, 5.41) is 0.508. The van der Waals surface area contributed by atoms with E-state index in [-0.39, 0.29) is 11.9 Å². The molecule has 1 aliphatic rings. The fourth-order valence-corrected chi connectivity index (χ4v) is 4.12. The quantitative estimate of drug-likeness (QED) is 0.900. The first-order valence-electron chi connectivity index (χ1n) is 6.97. The summed E-state index contributed by atoms with van der Waals surface area (Å²) in [5.41, 5.74) is 1.15. The summed E-state index contributed by atoms with van der Waals surface area (Å²) in [6, 6.07) is 5.17. The van der Waals surface area contributed by atoms with Gasteiger partial charge in [-0.25, -0.2) is 8.42 Å². The van der Waals surface area contributed by atoms with Crippen LogP contribution in [0.5, 0.6) is 0 Å². The highest BCUT2D eigenvalue weighted by Gasteiger charge is 2.23. The molecule has 21 heavy (non-hydrogen) atoms. The van der Waals surface area contributed by atoms with E-state index < -0.39 is 10.0 Å². The normalized spacial score (nSPS) is 19.3. The van der Waals surface area contributed by atoms with Crippen molar-refractivity contribution < 1.29 is 13.2 Å². The van der Waals surface area contributed by atoms with Gasteiger partial charge in [0.15, 0.2) is 0 Å². The molecule has 0 amide bonds. The summed E-state index contributed by atoms with van der Waals surface area (Å²) in [6.45, 7) is 0.639. The van der Waals surface area contributed by atoms with Gasteiger partial charge in [0.1, 0.15) is 0 Å². The summed E-state index contributed by atoms with van der Waals surface area (Å²) in [7, 11) is 0.178. The molecule has 1 N–H and O–H groups in total. The average Bonchev–Trinajstić information content (AvgIpc) is 2.38. The molecule has 0 aliphatic carbocycles. The average molecular weight is 333 g/mol. The van der Waals surface area contributed by atoms with Crippen LogP contribution in [0.2, 0.25) is 5.02 Å². The van der Waals surface area contributed by atoms with Gasteiger partial charge in [-0.2, -0.15) is 0 Å². The van der Waals surface area contributed by atoms with Crippen molar-refractivity contribution >= 4 is 33.0 Å². The Bertz CT molecular complexity index is 584. The summed E-state index contributed by atoms with van der Waals surface area (Å²) in [5.74, 6) is -0.0214. The van der Waals surface area contributed by atoms with Crippen LogP contribution in [0.25, 0.3) is 0 Å². The molecule has 2 rings (SSSR count). The standard InChI is InChI=1S/C14H21ClN2O3S/c1-17(2)14-12(15)7-5-8-13(14)16-21(18,19)10-11-6-3-4-9-20-11/h5,7-8,11,16H,3-4,6,9-10H2,1-2H3/t11-/m1/s1. The van der Waals surface area contributed by atoms with Gasteiger partial charge in [-0.15, -0.1) is 0 Å². The number of sulfonamides is 1. The van der Waals surface area contributed by atoms with Crippen molar-refractivity contribution in [3.8, 4) is 0 Å². The Kier molecular flexibility index (Phi) is 5.35. The van der Waals surface area contributed by atoms with E-state index in [1.807, 2.05) is 14.1 Å². The third-order valence-corrected chi connectivity index (χ3v) is 5.03. The van der Waals surface area contributed by atoms with Gasteiger partial charge in [0, 0.05) is 20.7 Å². The molecule has 0 spiro atoms. The van der Waals surface area contributed by atoms with Gasteiger partial charge >= 0.3 is 0 Å². The lowest BCUT2D eigenvalue weighted by Crippen LogP contribution is -2.31. The van der Waals surface area contributed by atoms with Crippen molar-refractivity contribution in [1.82, 2.24) is 0 Å². The van der Waals surface area contributed by atoms with Gasteiger partial charge in [0.25, 0.3) is 0 Å². The number of halogens is 1. The highest BCUT2D eigenvalue weighted by Crippen LogP contribution is 2.33. The Morgan fingerprint density at radius 2 is 2.14 bits per heavy atom. The molecule has 5 nitrogen and oxygen atoms in total. The van der Waals surface area contributed by atoms with Crippen molar-refractivity contribution in [2.75, 3.05) is 36.1 Å². The lowest BCUT2D eigenvalue weighted by atomic mass is 10.1.